The third-order valence-corrected chi connectivity index (χ3v) is 13.8. The fraction of sp³-hybridized carbons (Fsp3) is 0.946. The molecule has 0 aromatic carbocycles. The zero-order chi connectivity index (χ0) is 31.1. The maximum absolute atomic E-state index is 11.5. The van der Waals surface area contributed by atoms with Gasteiger partial charge in [-0.2, -0.15) is 0 Å². The Morgan fingerprint density at radius 2 is 1.59 bits per heavy atom. The molecule has 3 saturated heterocycles. The third kappa shape index (κ3) is 5.37. The Morgan fingerprint density at radius 1 is 0.864 bits per heavy atom. The molecule has 1 N–H and O–H groups in total. The van der Waals surface area contributed by atoms with Crippen LogP contribution in [-0.4, -0.2) is 66.7 Å². The highest BCUT2D eigenvalue weighted by Gasteiger charge is 2.70. The highest BCUT2D eigenvalue weighted by atomic mass is 16.8. The van der Waals surface area contributed by atoms with Crippen molar-refractivity contribution in [2.45, 2.75) is 154 Å². The van der Waals surface area contributed by atoms with E-state index in [1.165, 1.54) is 25.7 Å². The predicted octanol–water partition coefficient (Wildman–Crippen LogP) is 7.00. The summed E-state index contributed by atoms with van der Waals surface area (Å²) < 4.78 is 38.4. The lowest BCUT2D eigenvalue weighted by molar-refractivity contribution is -0.300. The van der Waals surface area contributed by atoms with Crippen molar-refractivity contribution in [2.24, 2.45) is 46.3 Å². The lowest BCUT2D eigenvalue weighted by atomic mass is 9.42. The number of ether oxygens (including phenoxy) is 6. The van der Waals surface area contributed by atoms with E-state index < -0.39 is 23.3 Å². The molecule has 250 valence electrons. The maximum atomic E-state index is 11.5. The quantitative estimate of drug-likeness (QED) is 0.322. The summed E-state index contributed by atoms with van der Waals surface area (Å²) in [6.07, 6.45) is 14.7. The van der Waals surface area contributed by atoms with E-state index in [9.17, 15) is 5.11 Å². The minimum absolute atomic E-state index is 0.0963. The van der Waals surface area contributed by atoms with Gasteiger partial charge in [0.2, 0.25) is 0 Å². The number of rotatable bonds is 6. The lowest BCUT2D eigenvalue weighted by Crippen LogP contribution is -2.65. The van der Waals surface area contributed by atoms with Crippen molar-refractivity contribution in [2.75, 3.05) is 19.8 Å². The van der Waals surface area contributed by atoms with Crippen LogP contribution in [0.25, 0.3) is 0 Å². The topological polar surface area (TPSA) is 75.6 Å². The average Bonchev–Trinajstić information content (AvgIpc) is 3.65. The van der Waals surface area contributed by atoms with E-state index >= 15 is 0 Å². The second-order valence-electron chi connectivity index (χ2n) is 17.3. The van der Waals surface area contributed by atoms with Crippen molar-refractivity contribution < 1.29 is 33.5 Å². The van der Waals surface area contributed by atoms with Gasteiger partial charge in [0.15, 0.2) is 17.9 Å². The van der Waals surface area contributed by atoms with Crippen LogP contribution < -0.4 is 0 Å². The van der Waals surface area contributed by atoms with Crippen LogP contribution in [0.5, 0.6) is 0 Å². The van der Waals surface area contributed by atoms with E-state index in [1.807, 2.05) is 6.08 Å². The SMILES string of the molecule is C[C@@H]([C@H]1CC[C@H]2[C@@H]3CC4(OCCO4)[C@H]4C[C@@H]5OC(C)(C)O[C@@H]5C[C@]4(C)[C@H]3CC[C@]12C)[C@@H](O)/C=C\C(C)(C)OC1CCCCO1. The van der Waals surface area contributed by atoms with Crippen molar-refractivity contribution in [3.8, 4) is 0 Å². The van der Waals surface area contributed by atoms with Crippen molar-refractivity contribution in [1.82, 2.24) is 0 Å². The molecular weight excluding hydrogens is 556 g/mol. The molecule has 7 nitrogen and oxygen atoms in total. The molecule has 0 aromatic heterocycles. The zero-order valence-corrected chi connectivity index (χ0v) is 28.5. The number of hydrogen-bond acceptors (Lipinski definition) is 7. The van der Waals surface area contributed by atoms with Gasteiger partial charge in [-0.15, -0.1) is 0 Å². The molecule has 7 rings (SSSR count). The third-order valence-electron chi connectivity index (χ3n) is 13.8. The fourth-order valence-corrected chi connectivity index (χ4v) is 11.9. The summed E-state index contributed by atoms with van der Waals surface area (Å²) in [5.74, 6) is 1.77. The molecule has 3 heterocycles. The lowest BCUT2D eigenvalue weighted by Gasteiger charge is -2.65. The summed E-state index contributed by atoms with van der Waals surface area (Å²) in [6, 6.07) is 0. The first-order valence-corrected chi connectivity index (χ1v) is 18.1. The Morgan fingerprint density at radius 3 is 2.32 bits per heavy atom. The van der Waals surface area contributed by atoms with E-state index in [1.54, 1.807) is 0 Å². The number of aliphatic hydroxyl groups is 1. The number of hydrogen-bond donors (Lipinski definition) is 1. The Hall–Kier alpha value is -0.540. The van der Waals surface area contributed by atoms with Gasteiger partial charge < -0.3 is 33.5 Å². The molecule has 44 heavy (non-hydrogen) atoms. The smallest absolute Gasteiger partial charge is 0.172 e. The average molecular weight is 617 g/mol. The summed E-state index contributed by atoms with van der Waals surface area (Å²) in [4.78, 5) is 0. The van der Waals surface area contributed by atoms with Gasteiger partial charge in [-0.25, -0.2) is 0 Å². The standard InChI is InChI=1S/C37H60O7/c1-23(28(38)14-15-33(2,3)44-32-10-8-9-17-39-32)25-11-12-26-24-21-37(40-18-19-41-37)31-20-29-30(43-34(4,5)42-29)22-36(31,7)27(24)13-16-35(25,26)6/h14-15,23-32,38H,8-13,16-22H2,1-7H3/b15-14-/t23-,24-,25+,26-,27-,28-,29-,30+,31-,32?,35+,36+/m0/s1. The molecule has 0 aromatic rings. The summed E-state index contributed by atoms with van der Waals surface area (Å²) >= 11 is 0. The van der Waals surface area contributed by atoms with E-state index in [2.05, 4.69) is 54.5 Å². The van der Waals surface area contributed by atoms with E-state index in [0.717, 1.165) is 45.1 Å². The van der Waals surface area contributed by atoms with Crippen LogP contribution in [0.2, 0.25) is 0 Å². The van der Waals surface area contributed by atoms with Crippen LogP contribution in [0.1, 0.15) is 113 Å². The Labute approximate surface area is 266 Å². The molecule has 12 atom stereocenters. The van der Waals surface area contributed by atoms with Crippen LogP contribution in [0.3, 0.4) is 0 Å². The number of fused-ring (bicyclic) bond motifs is 7. The monoisotopic (exact) mass is 616 g/mol. The Balaban J connectivity index is 1.09. The molecular formula is C37H60O7. The van der Waals surface area contributed by atoms with Crippen molar-refractivity contribution in [3.63, 3.8) is 0 Å². The van der Waals surface area contributed by atoms with Crippen LogP contribution in [0, 0.1) is 46.3 Å². The molecule has 1 unspecified atom stereocenters. The predicted molar refractivity (Wildman–Crippen MR) is 168 cm³/mol. The van der Waals surface area contributed by atoms with Gasteiger partial charge in [-0.3, -0.25) is 0 Å². The molecule has 0 bridgehead atoms. The Kier molecular flexibility index (Phi) is 8.21. The van der Waals surface area contributed by atoms with Crippen LogP contribution >= 0.6 is 0 Å². The molecule has 7 heteroatoms. The second kappa shape index (κ2) is 11.3. The van der Waals surface area contributed by atoms with Gasteiger partial charge in [-0.05, 0) is 126 Å². The largest absolute Gasteiger partial charge is 0.389 e. The molecule has 3 aliphatic heterocycles. The second-order valence-corrected chi connectivity index (χ2v) is 17.3. The Bertz CT molecular complexity index is 1080. The van der Waals surface area contributed by atoms with E-state index in [0.29, 0.717) is 42.8 Å². The summed E-state index contributed by atoms with van der Waals surface area (Å²) in [6.45, 7) is 17.8. The molecule has 7 fully saturated rings. The first kappa shape index (κ1) is 32.0. The molecule has 7 aliphatic rings. The van der Waals surface area contributed by atoms with Gasteiger partial charge in [0.05, 0.1) is 37.1 Å². The van der Waals surface area contributed by atoms with Crippen molar-refractivity contribution in [1.29, 1.82) is 0 Å². The van der Waals surface area contributed by atoms with Crippen molar-refractivity contribution >= 4 is 0 Å². The first-order valence-electron chi connectivity index (χ1n) is 18.1. The van der Waals surface area contributed by atoms with Gasteiger partial charge >= 0.3 is 0 Å². The zero-order valence-electron chi connectivity index (χ0n) is 28.5. The van der Waals surface area contributed by atoms with Crippen LogP contribution in [-0.2, 0) is 28.4 Å². The molecule has 4 aliphatic carbocycles. The van der Waals surface area contributed by atoms with Gasteiger partial charge in [-0.1, -0.05) is 32.9 Å². The minimum atomic E-state index is -0.524. The molecule has 1 spiro atoms. The minimum Gasteiger partial charge on any atom is -0.389 e. The van der Waals surface area contributed by atoms with E-state index in [4.69, 9.17) is 28.4 Å². The summed E-state index contributed by atoms with van der Waals surface area (Å²) in [5.41, 5.74) is -0.180. The van der Waals surface area contributed by atoms with Gasteiger partial charge in [0, 0.05) is 18.9 Å². The highest BCUT2D eigenvalue weighted by molar-refractivity contribution is 5.16. The fourth-order valence-electron chi connectivity index (χ4n) is 11.9. The van der Waals surface area contributed by atoms with Crippen LogP contribution in [0.4, 0.5) is 0 Å². The molecule has 4 saturated carbocycles. The van der Waals surface area contributed by atoms with E-state index in [-0.39, 0.29) is 35.2 Å². The summed E-state index contributed by atoms with van der Waals surface area (Å²) in [7, 11) is 0. The normalized spacial score (nSPS) is 47.6. The molecule has 0 amide bonds. The summed E-state index contributed by atoms with van der Waals surface area (Å²) in [5, 5.41) is 11.5. The highest BCUT2D eigenvalue weighted by Crippen LogP contribution is 2.71. The number of aliphatic hydroxyl groups excluding tert-OH is 1. The van der Waals surface area contributed by atoms with Gasteiger partial charge in [0.1, 0.15) is 0 Å². The van der Waals surface area contributed by atoms with Crippen molar-refractivity contribution in [3.05, 3.63) is 12.2 Å². The molecule has 0 radical (unpaired) electrons. The van der Waals surface area contributed by atoms with Gasteiger partial charge in [0.25, 0.3) is 0 Å². The van der Waals surface area contributed by atoms with Crippen LogP contribution in [0.15, 0.2) is 12.2 Å². The maximum Gasteiger partial charge on any atom is 0.172 e. The first-order chi connectivity index (χ1) is 20.8.